The van der Waals surface area contributed by atoms with Crippen molar-refractivity contribution in [2.45, 2.75) is 0 Å². The van der Waals surface area contributed by atoms with Crippen molar-refractivity contribution in [1.29, 1.82) is 0 Å². The van der Waals surface area contributed by atoms with E-state index in [0.29, 0.717) is 5.56 Å². The van der Waals surface area contributed by atoms with Crippen molar-refractivity contribution in [2.75, 3.05) is 26.1 Å². The van der Waals surface area contributed by atoms with Crippen LogP contribution in [0.5, 0.6) is 0 Å². The Morgan fingerprint density at radius 3 is 2.57 bits per heavy atom. The van der Waals surface area contributed by atoms with Crippen molar-refractivity contribution >= 4 is 27.6 Å². The molecule has 3 nitrogen and oxygen atoms in total. The number of halogens is 1. The first kappa shape index (κ1) is 11.0. The van der Waals surface area contributed by atoms with E-state index in [1.807, 2.05) is 31.1 Å². The second-order valence-electron chi connectivity index (χ2n) is 3.02. The lowest BCUT2D eigenvalue weighted by Gasteiger charge is -2.15. The molecule has 0 heterocycles. The molecule has 0 bridgehead atoms. The van der Waals surface area contributed by atoms with E-state index in [9.17, 15) is 4.79 Å². The zero-order valence-corrected chi connectivity index (χ0v) is 9.96. The Bertz CT molecular complexity index is 350. The van der Waals surface area contributed by atoms with Crippen molar-refractivity contribution in [3.05, 3.63) is 28.2 Å². The lowest BCUT2D eigenvalue weighted by Crippen LogP contribution is -2.11. The van der Waals surface area contributed by atoms with Crippen LogP contribution in [0.1, 0.15) is 10.4 Å². The summed E-state index contributed by atoms with van der Waals surface area (Å²) in [6.07, 6.45) is 0. The van der Waals surface area contributed by atoms with E-state index in [-0.39, 0.29) is 5.97 Å². The number of methoxy groups -OCH3 is 1. The average Bonchev–Trinajstić information content (AvgIpc) is 2.16. The lowest BCUT2D eigenvalue weighted by atomic mass is 10.2. The summed E-state index contributed by atoms with van der Waals surface area (Å²) >= 11 is 3.38. The standard InChI is InChI=1S/C10H12BrNO2/c1-12(2)8-6-4-5-7(9(8)11)10(13)14-3/h4-6H,1-3H3. The smallest absolute Gasteiger partial charge is 0.339 e. The predicted octanol–water partition coefficient (Wildman–Crippen LogP) is 2.30. The lowest BCUT2D eigenvalue weighted by molar-refractivity contribution is 0.0600. The van der Waals surface area contributed by atoms with E-state index in [2.05, 4.69) is 20.7 Å². The van der Waals surface area contributed by atoms with Gasteiger partial charge in [0.25, 0.3) is 0 Å². The quantitative estimate of drug-likeness (QED) is 0.762. The van der Waals surface area contributed by atoms with Crippen LogP contribution < -0.4 is 4.90 Å². The number of ether oxygens (including phenoxy) is 1. The molecule has 0 aromatic heterocycles. The minimum atomic E-state index is -0.333. The molecule has 0 N–H and O–H groups in total. The van der Waals surface area contributed by atoms with Crippen LogP contribution >= 0.6 is 15.9 Å². The number of hydrogen-bond acceptors (Lipinski definition) is 3. The zero-order valence-electron chi connectivity index (χ0n) is 8.37. The molecular formula is C10H12BrNO2. The van der Waals surface area contributed by atoms with Crippen molar-refractivity contribution in [3.63, 3.8) is 0 Å². The van der Waals surface area contributed by atoms with E-state index in [4.69, 9.17) is 0 Å². The van der Waals surface area contributed by atoms with Crippen LogP contribution in [0.2, 0.25) is 0 Å². The summed E-state index contributed by atoms with van der Waals surface area (Å²) in [5.41, 5.74) is 1.49. The molecule has 4 heteroatoms. The molecular weight excluding hydrogens is 246 g/mol. The molecule has 0 aliphatic heterocycles. The normalized spacial score (nSPS) is 9.71. The minimum Gasteiger partial charge on any atom is -0.465 e. The van der Waals surface area contributed by atoms with Gasteiger partial charge in [-0.3, -0.25) is 0 Å². The molecule has 0 fully saturated rings. The Labute approximate surface area is 91.8 Å². The maximum Gasteiger partial charge on any atom is 0.339 e. The molecule has 0 aliphatic carbocycles. The van der Waals surface area contributed by atoms with Crippen LogP contribution in [0.3, 0.4) is 0 Å². The van der Waals surface area contributed by atoms with Gasteiger partial charge in [0.1, 0.15) is 0 Å². The van der Waals surface area contributed by atoms with Gasteiger partial charge in [0.15, 0.2) is 0 Å². The average molecular weight is 258 g/mol. The summed E-state index contributed by atoms with van der Waals surface area (Å²) in [5, 5.41) is 0. The molecule has 0 saturated carbocycles. The van der Waals surface area contributed by atoms with Gasteiger partial charge in [-0.1, -0.05) is 6.07 Å². The molecule has 1 aromatic carbocycles. The summed E-state index contributed by atoms with van der Waals surface area (Å²) in [4.78, 5) is 13.3. The van der Waals surface area contributed by atoms with Crippen LogP contribution in [0.4, 0.5) is 5.69 Å². The Morgan fingerprint density at radius 2 is 2.07 bits per heavy atom. The van der Waals surface area contributed by atoms with Crippen LogP contribution in [-0.4, -0.2) is 27.2 Å². The van der Waals surface area contributed by atoms with Crippen molar-refractivity contribution < 1.29 is 9.53 Å². The van der Waals surface area contributed by atoms with Crippen LogP contribution in [0.25, 0.3) is 0 Å². The molecule has 0 unspecified atom stereocenters. The number of rotatable bonds is 2. The molecule has 0 atom stereocenters. The molecule has 1 rings (SSSR count). The Morgan fingerprint density at radius 1 is 1.43 bits per heavy atom. The highest BCUT2D eigenvalue weighted by atomic mass is 79.9. The number of hydrogen-bond donors (Lipinski definition) is 0. The fourth-order valence-corrected chi connectivity index (χ4v) is 1.91. The molecule has 0 radical (unpaired) electrons. The van der Waals surface area contributed by atoms with E-state index in [1.165, 1.54) is 7.11 Å². The second-order valence-corrected chi connectivity index (χ2v) is 3.82. The fraction of sp³-hybridized carbons (Fsp3) is 0.300. The molecule has 76 valence electrons. The van der Waals surface area contributed by atoms with E-state index in [0.717, 1.165) is 10.2 Å². The number of anilines is 1. The summed E-state index contributed by atoms with van der Waals surface area (Å²) in [7, 11) is 5.21. The SMILES string of the molecule is COC(=O)c1cccc(N(C)C)c1Br. The summed E-state index contributed by atoms with van der Waals surface area (Å²) in [6.45, 7) is 0. The van der Waals surface area contributed by atoms with Gasteiger partial charge in [0.2, 0.25) is 0 Å². The second kappa shape index (κ2) is 4.46. The van der Waals surface area contributed by atoms with Gasteiger partial charge in [-0.2, -0.15) is 0 Å². The van der Waals surface area contributed by atoms with E-state index < -0.39 is 0 Å². The molecule has 0 aliphatic rings. The monoisotopic (exact) mass is 257 g/mol. The first-order valence-corrected chi connectivity index (χ1v) is 4.91. The van der Waals surface area contributed by atoms with Gasteiger partial charge >= 0.3 is 5.97 Å². The van der Waals surface area contributed by atoms with E-state index in [1.54, 1.807) is 6.07 Å². The van der Waals surface area contributed by atoms with Crippen molar-refractivity contribution in [1.82, 2.24) is 0 Å². The van der Waals surface area contributed by atoms with Gasteiger partial charge in [0, 0.05) is 14.1 Å². The predicted molar refractivity (Wildman–Crippen MR) is 59.8 cm³/mol. The summed E-state index contributed by atoms with van der Waals surface area (Å²) in [6, 6.07) is 5.48. The maximum atomic E-state index is 11.3. The van der Waals surface area contributed by atoms with Crippen molar-refractivity contribution in [2.24, 2.45) is 0 Å². The molecule has 0 saturated heterocycles. The zero-order chi connectivity index (χ0) is 10.7. The van der Waals surface area contributed by atoms with Gasteiger partial charge in [0.05, 0.1) is 22.8 Å². The number of benzene rings is 1. The topological polar surface area (TPSA) is 29.5 Å². The van der Waals surface area contributed by atoms with Crippen LogP contribution in [0, 0.1) is 0 Å². The minimum absolute atomic E-state index is 0.333. The molecule has 1 aromatic rings. The molecule has 0 spiro atoms. The Balaban J connectivity index is 3.20. The molecule has 0 amide bonds. The number of esters is 1. The Kier molecular flexibility index (Phi) is 3.52. The summed E-state index contributed by atoms with van der Waals surface area (Å²) < 4.78 is 5.43. The first-order valence-electron chi connectivity index (χ1n) is 4.12. The molecule has 14 heavy (non-hydrogen) atoms. The fourth-order valence-electron chi connectivity index (χ4n) is 1.13. The first-order chi connectivity index (χ1) is 6.57. The van der Waals surface area contributed by atoms with Crippen molar-refractivity contribution in [3.8, 4) is 0 Å². The highest BCUT2D eigenvalue weighted by molar-refractivity contribution is 9.10. The van der Waals surface area contributed by atoms with Gasteiger partial charge in [-0.15, -0.1) is 0 Å². The highest BCUT2D eigenvalue weighted by Gasteiger charge is 2.13. The van der Waals surface area contributed by atoms with E-state index >= 15 is 0 Å². The number of carbonyl (C=O) groups is 1. The third-order valence-electron chi connectivity index (χ3n) is 1.87. The Hall–Kier alpha value is -1.03. The van der Waals surface area contributed by atoms with Gasteiger partial charge in [-0.05, 0) is 28.1 Å². The van der Waals surface area contributed by atoms with Gasteiger partial charge < -0.3 is 9.64 Å². The number of nitrogens with zero attached hydrogens (tertiary/aromatic N) is 1. The third-order valence-corrected chi connectivity index (χ3v) is 2.70. The van der Waals surface area contributed by atoms with Crippen LogP contribution in [-0.2, 0) is 4.74 Å². The van der Waals surface area contributed by atoms with Gasteiger partial charge in [-0.25, -0.2) is 4.79 Å². The highest BCUT2D eigenvalue weighted by Crippen LogP contribution is 2.28. The van der Waals surface area contributed by atoms with Crippen LogP contribution in [0.15, 0.2) is 22.7 Å². The summed E-state index contributed by atoms with van der Waals surface area (Å²) in [5.74, 6) is -0.333. The third kappa shape index (κ3) is 2.07. The number of carbonyl (C=O) groups excluding carboxylic acids is 1. The largest absolute Gasteiger partial charge is 0.465 e. The maximum absolute atomic E-state index is 11.3.